The quantitative estimate of drug-likeness (QED) is 0.589. The van der Waals surface area contributed by atoms with Gasteiger partial charge in [-0.3, -0.25) is 14.6 Å². The van der Waals surface area contributed by atoms with E-state index in [1.54, 1.807) is 6.20 Å². The first-order valence-corrected chi connectivity index (χ1v) is 7.49. The maximum atomic E-state index is 4.26. The molecule has 1 aromatic heterocycles. The van der Waals surface area contributed by atoms with Gasteiger partial charge in [-0.2, -0.15) is 5.10 Å². The molecule has 1 fully saturated rings. The maximum absolute atomic E-state index is 4.26. The van der Waals surface area contributed by atoms with E-state index in [4.69, 9.17) is 0 Å². The molecule has 0 spiro atoms. The Bertz CT molecular complexity index is 400. The molecule has 0 radical (unpaired) electrons. The molecule has 1 atom stereocenters. The molecule has 20 heavy (non-hydrogen) atoms. The van der Waals surface area contributed by atoms with E-state index in [9.17, 15) is 0 Å². The lowest BCUT2D eigenvalue weighted by atomic mass is 10.2. The molecule has 6 heteroatoms. The first-order chi connectivity index (χ1) is 9.83. The fourth-order valence-electron chi connectivity index (χ4n) is 2.70. The molecule has 1 aromatic rings. The van der Waals surface area contributed by atoms with Gasteiger partial charge in [-0.1, -0.05) is 6.92 Å². The third kappa shape index (κ3) is 4.23. The van der Waals surface area contributed by atoms with Crippen molar-refractivity contribution in [2.24, 2.45) is 4.99 Å². The molecule has 1 aliphatic rings. The fourth-order valence-corrected chi connectivity index (χ4v) is 2.70. The molecule has 2 rings (SSSR count). The van der Waals surface area contributed by atoms with Gasteiger partial charge in [0.2, 0.25) is 0 Å². The predicted molar refractivity (Wildman–Crippen MR) is 81.9 cm³/mol. The van der Waals surface area contributed by atoms with Gasteiger partial charge in [0.1, 0.15) is 0 Å². The normalized spacial score (nSPS) is 20.3. The molecular formula is C14H26N6. The average molecular weight is 278 g/mol. The minimum atomic E-state index is 0.643. The number of likely N-dealkylation sites (tertiary alicyclic amines) is 1. The van der Waals surface area contributed by atoms with Crippen LogP contribution < -0.4 is 10.6 Å². The summed E-state index contributed by atoms with van der Waals surface area (Å²) in [5.41, 5.74) is 0. The second kappa shape index (κ2) is 7.89. The highest BCUT2D eigenvalue weighted by molar-refractivity contribution is 5.79. The van der Waals surface area contributed by atoms with Crippen LogP contribution in [0.2, 0.25) is 0 Å². The third-order valence-corrected chi connectivity index (χ3v) is 3.83. The highest BCUT2D eigenvalue weighted by atomic mass is 15.3. The Morgan fingerprint density at radius 3 is 3.05 bits per heavy atom. The Hall–Kier alpha value is -1.56. The maximum Gasteiger partial charge on any atom is 0.191 e. The molecule has 0 aliphatic carbocycles. The van der Waals surface area contributed by atoms with Crippen LogP contribution in [0, 0.1) is 0 Å². The summed E-state index contributed by atoms with van der Waals surface area (Å²) >= 11 is 0. The third-order valence-electron chi connectivity index (χ3n) is 3.83. The van der Waals surface area contributed by atoms with Crippen LogP contribution in [0.25, 0.3) is 0 Å². The van der Waals surface area contributed by atoms with Gasteiger partial charge in [0.05, 0.1) is 6.54 Å². The van der Waals surface area contributed by atoms with Gasteiger partial charge in [-0.05, 0) is 32.0 Å². The summed E-state index contributed by atoms with van der Waals surface area (Å²) in [7, 11) is 1.81. The minimum Gasteiger partial charge on any atom is -0.355 e. The van der Waals surface area contributed by atoms with E-state index in [0.29, 0.717) is 6.04 Å². The highest BCUT2D eigenvalue weighted by Crippen LogP contribution is 2.15. The topological polar surface area (TPSA) is 57.5 Å². The number of nitrogens with one attached hydrogen (secondary N) is 2. The van der Waals surface area contributed by atoms with Crippen molar-refractivity contribution in [3.05, 3.63) is 18.5 Å². The van der Waals surface area contributed by atoms with Gasteiger partial charge in [-0.25, -0.2) is 0 Å². The number of hydrogen-bond acceptors (Lipinski definition) is 3. The van der Waals surface area contributed by atoms with E-state index in [-0.39, 0.29) is 0 Å². The number of hydrogen-bond donors (Lipinski definition) is 2. The van der Waals surface area contributed by atoms with Gasteiger partial charge in [0.25, 0.3) is 0 Å². The highest BCUT2D eigenvalue weighted by Gasteiger charge is 2.22. The zero-order valence-corrected chi connectivity index (χ0v) is 12.5. The summed E-state index contributed by atoms with van der Waals surface area (Å²) in [6.45, 7) is 7.23. The molecular weight excluding hydrogens is 252 g/mol. The first-order valence-electron chi connectivity index (χ1n) is 7.49. The Labute approximate surface area is 121 Å². The molecule has 1 saturated heterocycles. The van der Waals surface area contributed by atoms with Crippen LogP contribution in [-0.4, -0.2) is 59.9 Å². The standard InChI is InChI=1S/C14H26N6/c1-3-19-9-4-6-13(19)12-17-14(15-2)16-8-11-20-10-5-7-18-20/h5,7,10,13H,3-4,6,8-9,11-12H2,1-2H3,(H2,15,16,17). The second-order valence-corrected chi connectivity index (χ2v) is 5.07. The Morgan fingerprint density at radius 1 is 1.45 bits per heavy atom. The molecule has 112 valence electrons. The number of aliphatic imine (C=N–C) groups is 1. The summed E-state index contributed by atoms with van der Waals surface area (Å²) in [6, 6.07) is 2.58. The smallest absolute Gasteiger partial charge is 0.191 e. The second-order valence-electron chi connectivity index (χ2n) is 5.07. The van der Waals surface area contributed by atoms with Gasteiger partial charge in [0, 0.05) is 38.6 Å². The van der Waals surface area contributed by atoms with Crippen molar-refractivity contribution < 1.29 is 0 Å². The van der Waals surface area contributed by atoms with Gasteiger partial charge < -0.3 is 10.6 Å². The zero-order chi connectivity index (χ0) is 14.2. The lowest BCUT2D eigenvalue weighted by molar-refractivity contribution is 0.267. The van der Waals surface area contributed by atoms with E-state index in [1.807, 2.05) is 24.0 Å². The van der Waals surface area contributed by atoms with Crippen molar-refractivity contribution in [1.82, 2.24) is 25.3 Å². The Morgan fingerprint density at radius 2 is 2.35 bits per heavy atom. The lowest BCUT2D eigenvalue weighted by Gasteiger charge is -2.23. The number of aromatic nitrogens is 2. The predicted octanol–water partition coefficient (Wildman–Crippen LogP) is 0.532. The van der Waals surface area contributed by atoms with Gasteiger partial charge >= 0.3 is 0 Å². The molecule has 0 aromatic carbocycles. The summed E-state index contributed by atoms with van der Waals surface area (Å²) < 4.78 is 1.91. The molecule has 1 aliphatic heterocycles. The summed E-state index contributed by atoms with van der Waals surface area (Å²) in [5, 5.41) is 10.9. The molecule has 1 unspecified atom stereocenters. The van der Waals surface area contributed by atoms with E-state index < -0.39 is 0 Å². The molecule has 0 amide bonds. The minimum absolute atomic E-state index is 0.643. The van der Waals surface area contributed by atoms with E-state index in [0.717, 1.165) is 32.1 Å². The number of nitrogens with zero attached hydrogens (tertiary/aromatic N) is 4. The van der Waals surface area contributed by atoms with E-state index in [1.165, 1.54) is 19.4 Å². The molecule has 0 saturated carbocycles. The van der Waals surface area contributed by atoms with Crippen LogP contribution in [-0.2, 0) is 6.54 Å². The molecule has 2 heterocycles. The van der Waals surface area contributed by atoms with Crippen LogP contribution >= 0.6 is 0 Å². The Balaban J connectivity index is 1.67. The number of likely N-dealkylation sites (N-methyl/N-ethyl adjacent to an activating group) is 1. The van der Waals surface area contributed by atoms with Crippen molar-refractivity contribution in [3.8, 4) is 0 Å². The number of guanidine groups is 1. The molecule has 0 bridgehead atoms. The zero-order valence-electron chi connectivity index (χ0n) is 12.5. The molecule has 2 N–H and O–H groups in total. The van der Waals surface area contributed by atoms with Crippen LogP contribution in [0.5, 0.6) is 0 Å². The van der Waals surface area contributed by atoms with Gasteiger partial charge in [0.15, 0.2) is 5.96 Å². The van der Waals surface area contributed by atoms with Crippen molar-refractivity contribution in [3.63, 3.8) is 0 Å². The van der Waals surface area contributed by atoms with Crippen LogP contribution in [0.15, 0.2) is 23.5 Å². The van der Waals surface area contributed by atoms with Crippen molar-refractivity contribution >= 4 is 5.96 Å². The fraction of sp³-hybridized carbons (Fsp3) is 0.714. The summed E-state index contributed by atoms with van der Waals surface area (Å²) in [4.78, 5) is 6.80. The SMILES string of the molecule is CCN1CCCC1CNC(=NC)NCCn1cccn1. The monoisotopic (exact) mass is 278 g/mol. The summed E-state index contributed by atoms with van der Waals surface area (Å²) in [6.07, 6.45) is 6.36. The van der Waals surface area contributed by atoms with Crippen LogP contribution in [0.1, 0.15) is 19.8 Å². The van der Waals surface area contributed by atoms with Crippen LogP contribution in [0.4, 0.5) is 0 Å². The Kier molecular flexibility index (Phi) is 5.86. The van der Waals surface area contributed by atoms with Crippen molar-refractivity contribution in [2.45, 2.75) is 32.4 Å². The summed E-state index contributed by atoms with van der Waals surface area (Å²) in [5.74, 6) is 0.875. The van der Waals surface area contributed by atoms with Crippen LogP contribution in [0.3, 0.4) is 0 Å². The van der Waals surface area contributed by atoms with E-state index in [2.05, 4.69) is 32.5 Å². The largest absolute Gasteiger partial charge is 0.355 e. The van der Waals surface area contributed by atoms with Gasteiger partial charge in [-0.15, -0.1) is 0 Å². The molecule has 6 nitrogen and oxygen atoms in total. The lowest BCUT2D eigenvalue weighted by Crippen LogP contribution is -2.45. The first kappa shape index (κ1) is 14.8. The van der Waals surface area contributed by atoms with Crippen molar-refractivity contribution in [2.75, 3.05) is 33.2 Å². The average Bonchev–Trinajstić information content (AvgIpc) is 3.13. The van der Waals surface area contributed by atoms with Crippen molar-refractivity contribution in [1.29, 1.82) is 0 Å². The van der Waals surface area contributed by atoms with E-state index >= 15 is 0 Å². The number of rotatable bonds is 6.